The third-order valence-electron chi connectivity index (χ3n) is 2.86. The first-order valence-electron chi connectivity index (χ1n) is 6.04. The fourth-order valence-corrected chi connectivity index (χ4v) is 2.08. The number of carbonyl (C=O) groups excluding carboxylic acids is 1. The maximum Gasteiger partial charge on any atom is 0.328 e. The molecule has 2 aromatic rings. The Balaban J connectivity index is 2.33. The topological polar surface area (TPSA) is 35.5 Å². The fraction of sp³-hybridized carbons (Fsp3) is 0.267. The van der Waals surface area contributed by atoms with Crippen LogP contribution in [0.25, 0.3) is 10.8 Å². The second kappa shape index (κ2) is 5.93. The maximum absolute atomic E-state index is 11.6. The van der Waals surface area contributed by atoms with E-state index in [0.29, 0.717) is 6.61 Å². The number of methoxy groups -OCH3 is 1. The first-order valence-corrected chi connectivity index (χ1v) is 6.47. The van der Waals surface area contributed by atoms with Crippen LogP contribution in [-0.2, 0) is 9.53 Å². The summed E-state index contributed by atoms with van der Waals surface area (Å²) >= 11 is 6.10. The average Bonchev–Trinajstić information content (AvgIpc) is 2.45. The summed E-state index contributed by atoms with van der Waals surface area (Å²) in [7, 11) is 1.63. The molecule has 0 amide bonds. The second-order valence-electron chi connectivity index (χ2n) is 4.09. The number of ether oxygens (including phenoxy) is 2. The quantitative estimate of drug-likeness (QED) is 0.632. The molecule has 0 aliphatic carbocycles. The van der Waals surface area contributed by atoms with Gasteiger partial charge in [-0.15, -0.1) is 11.6 Å². The minimum absolute atomic E-state index is 0.326. The molecule has 0 N–H and O–H groups in total. The van der Waals surface area contributed by atoms with Crippen molar-refractivity contribution < 1.29 is 14.3 Å². The molecule has 0 aliphatic rings. The Hall–Kier alpha value is -1.74. The summed E-state index contributed by atoms with van der Waals surface area (Å²) in [6, 6.07) is 11.4. The number of halogens is 1. The minimum atomic E-state index is -0.772. The molecule has 19 heavy (non-hydrogen) atoms. The van der Waals surface area contributed by atoms with Crippen LogP contribution in [-0.4, -0.2) is 19.7 Å². The van der Waals surface area contributed by atoms with Crippen LogP contribution in [0.2, 0.25) is 0 Å². The molecule has 0 aromatic heterocycles. The summed E-state index contributed by atoms with van der Waals surface area (Å²) in [5, 5.41) is 1.27. The van der Waals surface area contributed by atoms with Crippen LogP contribution in [0.5, 0.6) is 5.75 Å². The van der Waals surface area contributed by atoms with Crippen molar-refractivity contribution in [2.45, 2.75) is 12.3 Å². The lowest BCUT2D eigenvalue weighted by atomic mass is 10.0. The van der Waals surface area contributed by atoms with Gasteiger partial charge in [-0.2, -0.15) is 0 Å². The Morgan fingerprint density at radius 1 is 1.21 bits per heavy atom. The van der Waals surface area contributed by atoms with E-state index in [0.717, 1.165) is 22.1 Å². The number of hydrogen-bond donors (Lipinski definition) is 0. The Morgan fingerprint density at radius 2 is 1.89 bits per heavy atom. The van der Waals surface area contributed by atoms with Crippen molar-refractivity contribution in [3.05, 3.63) is 42.0 Å². The van der Waals surface area contributed by atoms with Gasteiger partial charge in [0, 0.05) is 0 Å². The Kier molecular flexibility index (Phi) is 4.27. The molecule has 1 unspecified atom stereocenters. The fourth-order valence-electron chi connectivity index (χ4n) is 1.88. The Morgan fingerprint density at radius 3 is 2.58 bits per heavy atom. The van der Waals surface area contributed by atoms with Crippen molar-refractivity contribution in [1.29, 1.82) is 0 Å². The number of alkyl halides is 1. The van der Waals surface area contributed by atoms with Gasteiger partial charge in [0.25, 0.3) is 0 Å². The van der Waals surface area contributed by atoms with Gasteiger partial charge in [0.05, 0.1) is 13.7 Å². The molecule has 0 spiro atoms. The first-order chi connectivity index (χ1) is 9.15. The van der Waals surface area contributed by atoms with Gasteiger partial charge in [0.2, 0.25) is 0 Å². The number of carbonyl (C=O) groups is 1. The van der Waals surface area contributed by atoms with E-state index in [-0.39, 0.29) is 0 Å². The maximum atomic E-state index is 11.6. The van der Waals surface area contributed by atoms with E-state index in [4.69, 9.17) is 21.1 Å². The minimum Gasteiger partial charge on any atom is -0.497 e. The van der Waals surface area contributed by atoms with Crippen molar-refractivity contribution in [2.75, 3.05) is 13.7 Å². The zero-order valence-corrected chi connectivity index (χ0v) is 11.6. The van der Waals surface area contributed by atoms with Gasteiger partial charge in [0.15, 0.2) is 5.38 Å². The summed E-state index contributed by atoms with van der Waals surface area (Å²) in [5.41, 5.74) is 0.734. The normalized spacial score (nSPS) is 12.2. The molecule has 0 saturated heterocycles. The SMILES string of the molecule is CCOC(=O)C(Cl)c1ccc2cc(OC)ccc2c1. The van der Waals surface area contributed by atoms with Crippen LogP contribution >= 0.6 is 11.6 Å². The van der Waals surface area contributed by atoms with Gasteiger partial charge in [-0.1, -0.05) is 18.2 Å². The number of fused-ring (bicyclic) bond motifs is 1. The average molecular weight is 279 g/mol. The van der Waals surface area contributed by atoms with E-state index in [2.05, 4.69) is 0 Å². The molecule has 0 radical (unpaired) electrons. The van der Waals surface area contributed by atoms with E-state index >= 15 is 0 Å². The number of esters is 1. The van der Waals surface area contributed by atoms with Crippen molar-refractivity contribution in [3.63, 3.8) is 0 Å². The summed E-state index contributed by atoms with van der Waals surface area (Å²) in [5.74, 6) is 0.380. The molecule has 2 rings (SSSR count). The molecule has 3 nitrogen and oxygen atoms in total. The zero-order valence-electron chi connectivity index (χ0n) is 10.9. The molecule has 0 heterocycles. The lowest BCUT2D eigenvalue weighted by Gasteiger charge is -2.10. The highest BCUT2D eigenvalue weighted by atomic mass is 35.5. The molecule has 4 heteroatoms. The van der Waals surface area contributed by atoms with Crippen molar-refractivity contribution in [1.82, 2.24) is 0 Å². The van der Waals surface area contributed by atoms with Crippen LogP contribution in [0, 0.1) is 0 Å². The molecule has 0 saturated carbocycles. The molecule has 0 aliphatic heterocycles. The van der Waals surface area contributed by atoms with Crippen LogP contribution in [0.3, 0.4) is 0 Å². The summed E-state index contributed by atoms with van der Waals surface area (Å²) in [6.07, 6.45) is 0. The van der Waals surface area contributed by atoms with Crippen LogP contribution in [0.15, 0.2) is 36.4 Å². The predicted octanol–water partition coefficient (Wildman–Crippen LogP) is 3.69. The predicted molar refractivity (Wildman–Crippen MR) is 75.7 cm³/mol. The molecule has 2 aromatic carbocycles. The zero-order chi connectivity index (χ0) is 13.8. The van der Waals surface area contributed by atoms with Gasteiger partial charge < -0.3 is 9.47 Å². The van der Waals surface area contributed by atoms with Gasteiger partial charge in [-0.05, 0) is 41.5 Å². The highest BCUT2D eigenvalue weighted by molar-refractivity contribution is 6.30. The molecule has 0 fully saturated rings. The van der Waals surface area contributed by atoms with Gasteiger partial charge in [-0.3, -0.25) is 4.79 Å². The van der Waals surface area contributed by atoms with E-state index in [9.17, 15) is 4.79 Å². The third-order valence-corrected chi connectivity index (χ3v) is 3.29. The van der Waals surface area contributed by atoms with Crippen LogP contribution in [0.1, 0.15) is 17.9 Å². The Bertz CT molecular complexity index is 595. The van der Waals surface area contributed by atoms with Gasteiger partial charge in [0.1, 0.15) is 5.75 Å². The molecular weight excluding hydrogens is 264 g/mol. The van der Waals surface area contributed by atoms with Gasteiger partial charge in [-0.25, -0.2) is 0 Å². The van der Waals surface area contributed by atoms with Crippen LogP contribution in [0.4, 0.5) is 0 Å². The molecule has 1 atom stereocenters. The highest BCUT2D eigenvalue weighted by Crippen LogP contribution is 2.27. The molecular formula is C15H15ClO3. The summed E-state index contributed by atoms with van der Waals surface area (Å²) < 4.78 is 10.1. The lowest BCUT2D eigenvalue weighted by Crippen LogP contribution is -2.10. The van der Waals surface area contributed by atoms with Crippen molar-refractivity contribution >= 4 is 28.3 Å². The molecule has 0 bridgehead atoms. The monoisotopic (exact) mass is 278 g/mol. The third kappa shape index (κ3) is 2.99. The molecule has 100 valence electrons. The van der Waals surface area contributed by atoms with Crippen molar-refractivity contribution in [2.24, 2.45) is 0 Å². The van der Waals surface area contributed by atoms with Crippen molar-refractivity contribution in [3.8, 4) is 5.75 Å². The largest absolute Gasteiger partial charge is 0.497 e. The number of benzene rings is 2. The Labute approximate surface area is 117 Å². The van der Waals surface area contributed by atoms with Gasteiger partial charge >= 0.3 is 5.97 Å². The lowest BCUT2D eigenvalue weighted by molar-refractivity contribution is -0.142. The standard InChI is InChI=1S/C15H15ClO3/c1-3-19-15(17)14(16)12-5-4-11-9-13(18-2)7-6-10(11)8-12/h4-9,14H,3H2,1-2H3. The summed E-state index contributed by atoms with van der Waals surface area (Å²) in [4.78, 5) is 11.6. The van der Waals surface area contributed by atoms with E-state index in [1.54, 1.807) is 14.0 Å². The smallest absolute Gasteiger partial charge is 0.328 e. The first kappa shape index (κ1) is 13.7. The van der Waals surface area contributed by atoms with Crippen LogP contribution < -0.4 is 4.74 Å². The highest BCUT2D eigenvalue weighted by Gasteiger charge is 2.18. The summed E-state index contributed by atoms with van der Waals surface area (Å²) in [6.45, 7) is 2.08. The second-order valence-corrected chi connectivity index (χ2v) is 4.52. The number of hydrogen-bond acceptors (Lipinski definition) is 3. The number of rotatable bonds is 4. The van der Waals surface area contributed by atoms with E-state index in [1.807, 2.05) is 36.4 Å². The van der Waals surface area contributed by atoms with E-state index < -0.39 is 11.3 Å². The van der Waals surface area contributed by atoms with E-state index in [1.165, 1.54) is 0 Å².